The molecule has 11 N–H and O–H groups in total. The second-order valence-electron chi connectivity index (χ2n) is 31.1. The smallest absolute Gasteiger partial charge is 0.291 e. The number of anilines is 5. The molecule has 39 heteroatoms. The van der Waals surface area contributed by atoms with Gasteiger partial charge in [-0.3, -0.25) is 57.5 Å². The zero-order chi connectivity index (χ0) is 93.2. The SMILES string of the molecule is CCCCCCCCCCCCCCCC(=O)N(CC#CC#Cc1ccc(NC(=O)C[C@@H]2N=C(c3ccc(Cl)cc3)c3c(sc(C)c3C)-n3c(C)nnc32)cc1)CCOCCOCCOCCOCCOCCNC(=O)CCNC(=O)c1nc(NC(=O)CCNC(=O)c2cc(NC(=O)c3nc(NC(=O)CCNC(=O)c4cc(NC(=O)c5nccn5C)c[nH]4)cn3C)c[nH]2)cn1C. The number of H-pyrrole nitrogens is 2. The van der Waals surface area contributed by atoms with Crippen LogP contribution in [0.25, 0.3) is 5.00 Å². The second kappa shape index (κ2) is 53.3. The van der Waals surface area contributed by atoms with Gasteiger partial charge in [0.25, 0.3) is 29.5 Å². The van der Waals surface area contributed by atoms with Gasteiger partial charge in [-0.25, -0.2) is 15.0 Å². The van der Waals surface area contributed by atoms with Crippen molar-refractivity contribution >= 4 is 116 Å². The number of thiophene rings is 1. The largest absolute Gasteiger partial charge is 0.377 e. The summed E-state index contributed by atoms with van der Waals surface area (Å²) < 4.78 is 34.8. The lowest BCUT2D eigenvalue weighted by molar-refractivity contribution is -0.131. The Labute approximate surface area is 770 Å². The summed E-state index contributed by atoms with van der Waals surface area (Å²) >= 11 is 7.96. The molecule has 8 heterocycles. The molecule has 0 radical (unpaired) electrons. The molecule has 0 unspecified atom stereocenters. The molecule has 698 valence electrons. The van der Waals surface area contributed by atoms with Gasteiger partial charge in [0.05, 0.1) is 96.1 Å². The van der Waals surface area contributed by atoms with Crippen molar-refractivity contribution in [3.05, 3.63) is 171 Å². The molecule has 1 aliphatic heterocycles. The molecule has 0 saturated carbocycles. The molecule has 0 spiro atoms. The molecule has 7 aromatic heterocycles. The molecule has 37 nitrogen and oxygen atoms in total. The highest BCUT2D eigenvalue weighted by molar-refractivity contribution is 7.15. The fourth-order valence-corrected chi connectivity index (χ4v) is 15.2. The number of hydrogen-bond donors (Lipinski definition) is 11. The number of aromatic amines is 2. The summed E-state index contributed by atoms with van der Waals surface area (Å²) in [4.78, 5) is 156. The fourth-order valence-electron chi connectivity index (χ4n) is 13.9. The third-order valence-electron chi connectivity index (χ3n) is 20.9. The van der Waals surface area contributed by atoms with Crippen molar-refractivity contribution in [3.8, 4) is 28.7 Å². The number of fused-ring (bicyclic) bond motifs is 3. The lowest BCUT2D eigenvalue weighted by Gasteiger charge is -2.20. The van der Waals surface area contributed by atoms with Crippen molar-refractivity contribution < 1.29 is 71.6 Å². The maximum absolute atomic E-state index is 13.8. The number of nitrogens with one attached hydrogen (secondary N) is 11. The van der Waals surface area contributed by atoms with E-state index in [0.717, 1.165) is 51.5 Å². The van der Waals surface area contributed by atoms with Gasteiger partial charge in [0.1, 0.15) is 28.3 Å². The molecule has 10 amide bonds. The first-order chi connectivity index (χ1) is 63.5. The Bertz CT molecular complexity index is 5480. The molecule has 1 aliphatic rings. The molecular weight excluding hydrogens is 1720 g/mol. The van der Waals surface area contributed by atoms with Crippen LogP contribution in [0.3, 0.4) is 0 Å². The Kier molecular flexibility index (Phi) is 40.7. The van der Waals surface area contributed by atoms with Crippen molar-refractivity contribution in [2.75, 3.05) is 132 Å². The Morgan fingerprint density at radius 1 is 0.519 bits per heavy atom. The van der Waals surface area contributed by atoms with E-state index in [1.54, 1.807) is 60.3 Å². The van der Waals surface area contributed by atoms with Crippen LogP contribution in [0, 0.1) is 44.5 Å². The highest BCUT2D eigenvalue weighted by Gasteiger charge is 2.33. The van der Waals surface area contributed by atoms with Gasteiger partial charge in [0.15, 0.2) is 23.3 Å². The van der Waals surface area contributed by atoms with Crippen molar-refractivity contribution in [1.29, 1.82) is 0 Å². The topological polar surface area (TPSA) is 456 Å². The second-order valence-corrected chi connectivity index (χ2v) is 32.8. The van der Waals surface area contributed by atoms with E-state index in [4.69, 9.17) is 40.3 Å². The number of amides is 10. The monoisotopic (exact) mass is 1840 g/mol. The highest BCUT2D eigenvalue weighted by Crippen LogP contribution is 2.40. The summed E-state index contributed by atoms with van der Waals surface area (Å²) in [6, 6.07) is 17.0. The molecule has 2 aromatic carbocycles. The van der Waals surface area contributed by atoms with Crippen LogP contribution < -0.4 is 47.9 Å². The lowest BCUT2D eigenvalue weighted by Crippen LogP contribution is -2.34. The van der Waals surface area contributed by atoms with Crippen LogP contribution in [0.4, 0.5) is 28.7 Å². The average Bonchev–Trinajstić information content (AvgIpc) is 1.59. The summed E-state index contributed by atoms with van der Waals surface area (Å²) in [5.74, 6) is 9.29. The number of carbonyl (C=O) groups is 10. The molecule has 1 atom stereocenters. The van der Waals surface area contributed by atoms with Crippen LogP contribution in [-0.4, -0.2) is 228 Å². The minimum absolute atomic E-state index is 0.00947. The zero-order valence-corrected chi connectivity index (χ0v) is 76.8. The maximum Gasteiger partial charge on any atom is 0.291 e. The third-order valence-corrected chi connectivity index (χ3v) is 22.4. The van der Waals surface area contributed by atoms with E-state index in [-0.39, 0.29) is 129 Å². The molecule has 0 saturated heterocycles. The summed E-state index contributed by atoms with van der Waals surface area (Å²) in [7, 11) is 4.79. The molecule has 0 bridgehead atoms. The molecular formula is C92H117ClN22O15S. The van der Waals surface area contributed by atoms with Gasteiger partial charge < -0.3 is 100 Å². The highest BCUT2D eigenvalue weighted by atomic mass is 35.5. The van der Waals surface area contributed by atoms with E-state index in [1.165, 1.54) is 116 Å². The number of ether oxygens (including phenoxy) is 5. The zero-order valence-electron chi connectivity index (χ0n) is 75.2. The number of unbranched alkanes of at least 4 members (excludes halogenated alkanes) is 12. The van der Waals surface area contributed by atoms with E-state index >= 15 is 0 Å². The Morgan fingerprint density at radius 2 is 1.04 bits per heavy atom. The standard InChI is InChI=1S/C92H117ClN22O15S/c1-8-9-10-11-12-13-14-15-16-17-18-19-22-25-80(120)114(42-23-20-21-24-65-26-32-68(33-27-65)101-79(119)57-71-83-110-109-64(4)115(83)92-81(62(2)63(3)131-92)82(104-71)66-28-30-67(93)31-29-66)44-46-127-48-50-129-52-54-130-53-51-128-49-47-126-45-41-94-76(116)34-37-98-89(123)85-107-74(60-112(85)6)105-77(117)35-38-97-88(122)73-56-70(59-100-73)103-91(125)86-108-75(61-113(86)7)106-78(118)36-39-96-87(121)72-55-69(58-99-72)102-90(124)84-95-40-43-111(84)5/h26-33,40,43,55-56,58-61,71,99-100H,8-19,22,25,34-39,41-42,44-54,57H2,1-7H3,(H,94,116)(H,96,121)(H,97,122)(H,98,123)(H,101,119)(H,102,124)(H,103,125)(H,105,117)(H,106,118)/t71-/m0/s1. The van der Waals surface area contributed by atoms with Crippen LogP contribution >= 0.6 is 22.9 Å². The van der Waals surface area contributed by atoms with Crippen LogP contribution in [0.5, 0.6) is 0 Å². The first kappa shape index (κ1) is 100. The summed E-state index contributed by atoms with van der Waals surface area (Å²) in [5, 5.41) is 34.7. The van der Waals surface area contributed by atoms with Crippen LogP contribution in [0.1, 0.15) is 220 Å². The van der Waals surface area contributed by atoms with Crippen molar-refractivity contribution in [2.45, 2.75) is 149 Å². The van der Waals surface area contributed by atoms with Gasteiger partial charge in [0.2, 0.25) is 41.2 Å². The van der Waals surface area contributed by atoms with E-state index in [0.29, 0.717) is 106 Å². The van der Waals surface area contributed by atoms with E-state index < -0.39 is 47.4 Å². The van der Waals surface area contributed by atoms with E-state index in [1.807, 2.05) is 47.9 Å². The van der Waals surface area contributed by atoms with E-state index in [9.17, 15) is 47.9 Å². The predicted octanol–water partition coefficient (Wildman–Crippen LogP) is 10.4. The maximum atomic E-state index is 13.8. The van der Waals surface area contributed by atoms with E-state index in [2.05, 4.69) is 127 Å². The Hall–Kier alpha value is -13.0. The quantitative estimate of drug-likeness (QED) is 0.0125. The van der Waals surface area contributed by atoms with Gasteiger partial charge in [-0.2, -0.15) is 0 Å². The van der Waals surface area contributed by atoms with Crippen LogP contribution in [0.2, 0.25) is 5.02 Å². The number of aryl methyl sites for hydroxylation is 5. The number of halogens is 1. The van der Waals surface area contributed by atoms with Crippen molar-refractivity contribution in [1.82, 2.24) is 79.6 Å². The number of aromatic nitrogens is 11. The van der Waals surface area contributed by atoms with Gasteiger partial charge in [0, 0.05) is 149 Å². The Balaban J connectivity index is 0.531. The first-order valence-corrected chi connectivity index (χ1v) is 45.3. The number of imidazole rings is 3. The number of aliphatic imine (C=N–C) groups is 1. The Morgan fingerprint density at radius 3 is 1.60 bits per heavy atom. The van der Waals surface area contributed by atoms with Crippen LogP contribution in [-0.2, 0) is 68.8 Å². The molecule has 0 aliphatic carbocycles. The molecule has 0 fully saturated rings. The lowest BCUT2D eigenvalue weighted by atomic mass is 9.99. The van der Waals surface area contributed by atoms with Gasteiger partial charge in [-0.05, 0) is 93.1 Å². The fraction of sp³-hybridized carbons (Fsp3) is 0.457. The number of nitrogens with zero attached hydrogens (tertiary/aromatic N) is 11. The molecule has 9 aromatic rings. The minimum Gasteiger partial charge on any atom is -0.377 e. The predicted molar refractivity (Wildman–Crippen MR) is 497 cm³/mol. The molecule has 131 heavy (non-hydrogen) atoms. The molecule has 10 rings (SSSR count). The number of rotatable bonds is 55. The van der Waals surface area contributed by atoms with Crippen molar-refractivity contribution in [2.24, 2.45) is 26.1 Å². The first-order valence-electron chi connectivity index (χ1n) is 44.1. The van der Waals surface area contributed by atoms with Crippen molar-refractivity contribution in [3.63, 3.8) is 0 Å². The minimum atomic E-state index is -0.654. The summed E-state index contributed by atoms with van der Waals surface area (Å²) in [5.41, 5.74) is 5.86. The number of hydrogen-bond acceptors (Lipinski definition) is 22. The van der Waals surface area contributed by atoms with Gasteiger partial charge in [-0.1, -0.05) is 120 Å². The third kappa shape index (κ3) is 32.6. The average molecular weight is 1840 g/mol. The number of carbonyl (C=O) groups excluding carboxylic acids is 10. The van der Waals surface area contributed by atoms with Crippen LogP contribution in [0.15, 0.2) is 103 Å². The summed E-state index contributed by atoms with van der Waals surface area (Å²) in [6.45, 7) is 12.3. The summed E-state index contributed by atoms with van der Waals surface area (Å²) in [6.07, 6.45) is 24.8. The number of benzene rings is 2. The normalized spacial score (nSPS) is 11.9. The van der Waals surface area contributed by atoms with Gasteiger partial charge in [-0.15, -0.1) is 21.5 Å². The van der Waals surface area contributed by atoms with Gasteiger partial charge >= 0.3 is 0 Å².